The van der Waals surface area contributed by atoms with E-state index < -0.39 is 0 Å². The van der Waals surface area contributed by atoms with Crippen molar-refractivity contribution in [3.63, 3.8) is 0 Å². The molecule has 19 heavy (non-hydrogen) atoms. The first-order valence-corrected chi connectivity index (χ1v) is 7.67. The summed E-state index contributed by atoms with van der Waals surface area (Å²) in [5.41, 5.74) is 5.39. The molecule has 104 valence electrons. The molecule has 0 radical (unpaired) electrons. The maximum Gasteiger partial charge on any atom is 0.0772 e. The molecule has 1 aliphatic rings. The van der Waals surface area contributed by atoms with Gasteiger partial charge >= 0.3 is 0 Å². The van der Waals surface area contributed by atoms with E-state index in [1.54, 1.807) is 11.3 Å². The average Bonchev–Trinajstić information content (AvgIpc) is 2.84. The fourth-order valence-corrected chi connectivity index (χ4v) is 3.41. The number of thiophene rings is 1. The van der Waals surface area contributed by atoms with Gasteiger partial charge in [-0.25, -0.2) is 0 Å². The third-order valence-corrected chi connectivity index (χ3v) is 4.63. The predicted octanol–water partition coefficient (Wildman–Crippen LogP) is 1.58. The summed E-state index contributed by atoms with van der Waals surface area (Å²) < 4.78 is 0. The smallest absolute Gasteiger partial charge is 0.0772 e. The van der Waals surface area contributed by atoms with Crippen molar-refractivity contribution in [1.82, 2.24) is 9.80 Å². The third-order valence-electron chi connectivity index (χ3n) is 3.64. The fraction of sp³-hybridized carbons (Fsp3) is 0.600. The zero-order chi connectivity index (χ0) is 13.7. The summed E-state index contributed by atoms with van der Waals surface area (Å²) >= 11 is 1.79. The van der Waals surface area contributed by atoms with Gasteiger partial charge in [-0.1, -0.05) is 11.8 Å². The van der Waals surface area contributed by atoms with Gasteiger partial charge in [0, 0.05) is 30.6 Å². The van der Waals surface area contributed by atoms with Gasteiger partial charge in [-0.05, 0) is 39.1 Å². The Balaban J connectivity index is 1.84. The summed E-state index contributed by atoms with van der Waals surface area (Å²) in [4.78, 5) is 7.43. The molecule has 0 saturated carbocycles. The number of hydrogen-bond donors (Lipinski definition) is 1. The average molecular weight is 277 g/mol. The van der Waals surface area contributed by atoms with Crippen LogP contribution in [0.4, 0.5) is 0 Å². The first kappa shape index (κ1) is 14.5. The second-order valence-electron chi connectivity index (χ2n) is 5.24. The van der Waals surface area contributed by atoms with E-state index in [4.69, 9.17) is 5.73 Å². The van der Waals surface area contributed by atoms with Crippen molar-refractivity contribution in [2.24, 2.45) is 5.73 Å². The number of hydrogen-bond acceptors (Lipinski definition) is 4. The molecule has 1 saturated heterocycles. The highest BCUT2D eigenvalue weighted by Gasteiger charge is 2.20. The lowest BCUT2D eigenvalue weighted by Gasteiger charge is -2.34. The van der Waals surface area contributed by atoms with Crippen molar-refractivity contribution in [2.75, 3.05) is 33.7 Å². The van der Waals surface area contributed by atoms with Gasteiger partial charge in [0.2, 0.25) is 0 Å². The molecule has 0 aromatic carbocycles. The minimum atomic E-state index is 0.436. The molecular formula is C15H23N3S. The SMILES string of the molecule is CN(C)C1CCN(Cc2ccc(C#CCN)s2)CC1. The molecule has 4 heteroatoms. The van der Waals surface area contributed by atoms with Gasteiger partial charge in [0.1, 0.15) is 0 Å². The van der Waals surface area contributed by atoms with Crippen molar-refractivity contribution < 1.29 is 0 Å². The number of rotatable bonds is 3. The number of nitrogens with zero attached hydrogens (tertiary/aromatic N) is 2. The van der Waals surface area contributed by atoms with Gasteiger partial charge in [0.25, 0.3) is 0 Å². The second-order valence-corrected chi connectivity index (χ2v) is 6.41. The van der Waals surface area contributed by atoms with Crippen LogP contribution in [-0.2, 0) is 6.54 Å². The van der Waals surface area contributed by atoms with Gasteiger partial charge in [0.15, 0.2) is 0 Å². The van der Waals surface area contributed by atoms with Crippen molar-refractivity contribution in [3.8, 4) is 11.8 Å². The predicted molar refractivity (Wildman–Crippen MR) is 82.2 cm³/mol. The van der Waals surface area contributed by atoms with E-state index in [-0.39, 0.29) is 0 Å². The highest BCUT2D eigenvalue weighted by molar-refractivity contribution is 7.12. The van der Waals surface area contributed by atoms with Crippen LogP contribution in [-0.4, -0.2) is 49.6 Å². The van der Waals surface area contributed by atoms with E-state index in [2.05, 4.69) is 47.9 Å². The molecule has 0 bridgehead atoms. The van der Waals surface area contributed by atoms with Gasteiger partial charge < -0.3 is 10.6 Å². The summed E-state index contributed by atoms with van der Waals surface area (Å²) in [5, 5.41) is 0. The van der Waals surface area contributed by atoms with E-state index >= 15 is 0 Å². The Morgan fingerprint density at radius 3 is 2.74 bits per heavy atom. The van der Waals surface area contributed by atoms with E-state index in [9.17, 15) is 0 Å². The molecule has 0 aliphatic carbocycles. The summed E-state index contributed by atoms with van der Waals surface area (Å²) in [7, 11) is 4.37. The number of nitrogens with two attached hydrogens (primary N) is 1. The van der Waals surface area contributed by atoms with Gasteiger partial charge in [0.05, 0.1) is 11.4 Å². The Morgan fingerprint density at radius 2 is 2.11 bits per heavy atom. The van der Waals surface area contributed by atoms with Crippen molar-refractivity contribution >= 4 is 11.3 Å². The maximum atomic E-state index is 5.39. The first-order valence-electron chi connectivity index (χ1n) is 6.85. The van der Waals surface area contributed by atoms with Crippen LogP contribution in [0.5, 0.6) is 0 Å². The minimum absolute atomic E-state index is 0.436. The summed E-state index contributed by atoms with van der Waals surface area (Å²) in [6.45, 7) is 3.90. The molecule has 0 amide bonds. The topological polar surface area (TPSA) is 32.5 Å². The van der Waals surface area contributed by atoms with Crippen LogP contribution in [0.15, 0.2) is 12.1 Å². The molecule has 2 N–H and O–H groups in total. The molecule has 1 aromatic heterocycles. The van der Waals surface area contributed by atoms with Gasteiger partial charge in [-0.3, -0.25) is 4.90 Å². The van der Waals surface area contributed by atoms with Crippen molar-refractivity contribution in [3.05, 3.63) is 21.9 Å². The summed E-state index contributed by atoms with van der Waals surface area (Å²) in [5.74, 6) is 6.01. The van der Waals surface area contributed by atoms with E-state index in [1.165, 1.54) is 30.8 Å². The van der Waals surface area contributed by atoms with Crippen LogP contribution in [0.3, 0.4) is 0 Å². The molecule has 1 aromatic rings. The van der Waals surface area contributed by atoms with E-state index in [1.807, 2.05) is 0 Å². The van der Waals surface area contributed by atoms with Gasteiger partial charge in [-0.15, -0.1) is 11.3 Å². The zero-order valence-electron chi connectivity index (χ0n) is 11.9. The molecule has 2 heterocycles. The first-order chi connectivity index (χ1) is 9.19. The lowest BCUT2D eigenvalue weighted by atomic mass is 10.0. The lowest BCUT2D eigenvalue weighted by Crippen LogP contribution is -2.41. The Labute approximate surface area is 120 Å². The monoisotopic (exact) mass is 277 g/mol. The van der Waals surface area contributed by atoms with Crippen molar-refractivity contribution in [2.45, 2.75) is 25.4 Å². The van der Waals surface area contributed by atoms with Crippen LogP contribution in [0, 0.1) is 11.8 Å². The molecule has 0 atom stereocenters. The van der Waals surface area contributed by atoms with Crippen LogP contribution >= 0.6 is 11.3 Å². The normalized spacial score (nSPS) is 17.5. The van der Waals surface area contributed by atoms with Crippen LogP contribution in [0.1, 0.15) is 22.6 Å². The summed E-state index contributed by atoms with van der Waals surface area (Å²) in [6.07, 6.45) is 2.55. The Morgan fingerprint density at radius 1 is 1.37 bits per heavy atom. The van der Waals surface area contributed by atoms with Crippen LogP contribution < -0.4 is 5.73 Å². The summed E-state index contributed by atoms with van der Waals surface area (Å²) in [6, 6.07) is 5.06. The van der Waals surface area contributed by atoms with E-state index in [0.29, 0.717) is 6.54 Å². The molecule has 2 rings (SSSR count). The number of piperidine rings is 1. The largest absolute Gasteiger partial charge is 0.320 e. The minimum Gasteiger partial charge on any atom is -0.320 e. The van der Waals surface area contributed by atoms with Crippen molar-refractivity contribution in [1.29, 1.82) is 0 Å². The highest BCUT2D eigenvalue weighted by atomic mass is 32.1. The second kappa shape index (κ2) is 7.06. The van der Waals surface area contributed by atoms with E-state index in [0.717, 1.165) is 17.5 Å². The molecule has 1 fully saturated rings. The standard InChI is InChI=1S/C15H23N3S/c1-17(2)13-7-10-18(11-8-13)12-15-6-5-14(19-15)4-3-9-16/h5-6,13H,7-12,16H2,1-2H3. The molecule has 0 spiro atoms. The molecule has 1 aliphatic heterocycles. The molecule has 3 nitrogen and oxygen atoms in total. The van der Waals surface area contributed by atoms with Crippen LogP contribution in [0.25, 0.3) is 0 Å². The Bertz CT molecular complexity index is 447. The van der Waals surface area contributed by atoms with Gasteiger partial charge in [-0.2, -0.15) is 0 Å². The Kier molecular flexibility index (Phi) is 5.41. The maximum absolute atomic E-state index is 5.39. The van der Waals surface area contributed by atoms with Crippen LogP contribution in [0.2, 0.25) is 0 Å². The quantitative estimate of drug-likeness (QED) is 0.852. The molecular weight excluding hydrogens is 254 g/mol. The lowest BCUT2D eigenvalue weighted by molar-refractivity contribution is 0.141. The Hall–Kier alpha value is -0.860. The third kappa shape index (κ3) is 4.32. The number of likely N-dealkylation sites (tertiary alicyclic amines) is 1. The molecule has 0 unspecified atom stereocenters. The zero-order valence-corrected chi connectivity index (χ0v) is 12.7. The fourth-order valence-electron chi connectivity index (χ4n) is 2.48. The highest BCUT2D eigenvalue weighted by Crippen LogP contribution is 2.21.